The number of amides is 1. The maximum absolute atomic E-state index is 14.2. The largest absolute Gasteiger partial charge is 0.444 e. The Morgan fingerprint density at radius 1 is 1.16 bits per heavy atom. The molecule has 0 spiro atoms. The zero-order valence-electron chi connectivity index (χ0n) is 22.0. The molecule has 1 heterocycles. The minimum Gasteiger partial charge on any atom is -0.444 e. The Balaban J connectivity index is 1.71. The molecule has 7 heteroatoms. The SMILES string of the molecule is C[C@H](c1cccc2ccccc12)N(CC1CCN(C(N)=S)CC1c1cccc(F)c1)C(=O)OC(C)(C)C. The van der Waals surface area contributed by atoms with Crippen LogP contribution in [0, 0.1) is 11.7 Å². The lowest BCUT2D eigenvalue weighted by atomic mass is 9.80. The molecular weight excluding hydrogens is 485 g/mol. The lowest BCUT2D eigenvalue weighted by molar-refractivity contribution is 0.0106. The van der Waals surface area contributed by atoms with E-state index in [4.69, 9.17) is 22.7 Å². The zero-order valence-corrected chi connectivity index (χ0v) is 22.8. The number of thiocarbonyl (C=S) groups is 1. The quantitative estimate of drug-likeness (QED) is 0.382. The molecule has 0 aliphatic carbocycles. The second kappa shape index (κ2) is 11.1. The third-order valence-corrected chi connectivity index (χ3v) is 7.40. The van der Waals surface area contributed by atoms with Gasteiger partial charge in [0.15, 0.2) is 5.11 Å². The molecule has 1 aliphatic rings. The fraction of sp³-hybridized carbons (Fsp3) is 0.400. The van der Waals surface area contributed by atoms with E-state index < -0.39 is 5.60 Å². The number of piperidine rings is 1. The van der Waals surface area contributed by atoms with Crippen LogP contribution in [0.4, 0.5) is 9.18 Å². The van der Waals surface area contributed by atoms with Crippen molar-refractivity contribution < 1.29 is 13.9 Å². The molecule has 0 radical (unpaired) electrons. The summed E-state index contributed by atoms with van der Waals surface area (Å²) in [6.07, 6.45) is 0.405. The lowest BCUT2D eigenvalue weighted by Gasteiger charge is -2.42. The summed E-state index contributed by atoms with van der Waals surface area (Å²) in [7, 11) is 0. The Kier molecular flexibility index (Phi) is 8.02. The predicted molar refractivity (Wildman–Crippen MR) is 151 cm³/mol. The monoisotopic (exact) mass is 521 g/mol. The maximum Gasteiger partial charge on any atom is 0.410 e. The van der Waals surface area contributed by atoms with Crippen molar-refractivity contribution in [3.63, 3.8) is 0 Å². The normalized spacial score (nSPS) is 18.9. The summed E-state index contributed by atoms with van der Waals surface area (Å²) in [4.78, 5) is 17.4. The lowest BCUT2D eigenvalue weighted by Crippen LogP contribution is -2.49. The van der Waals surface area contributed by atoms with Crippen molar-refractivity contribution in [1.82, 2.24) is 9.80 Å². The first-order valence-corrected chi connectivity index (χ1v) is 13.2. The van der Waals surface area contributed by atoms with Crippen molar-refractivity contribution in [3.05, 3.63) is 83.7 Å². The highest BCUT2D eigenvalue weighted by atomic mass is 32.1. The molecule has 4 rings (SSSR count). The van der Waals surface area contributed by atoms with E-state index in [1.165, 1.54) is 6.07 Å². The summed E-state index contributed by atoms with van der Waals surface area (Å²) in [6.45, 7) is 9.41. The van der Waals surface area contributed by atoms with Gasteiger partial charge in [0.05, 0.1) is 6.04 Å². The Labute approximate surface area is 224 Å². The molecule has 37 heavy (non-hydrogen) atoms. The molecular formula is C30H36FN3O2S. The number of benzene rings is 3. The molecule has 3 aromatic rings. The second-order valence-electron chi connectivity index (χ2n) is 10.9. The van der Waals surface area contributed by atoms with Crippen molar-refractivity contribution >= 4 is 34.2 Å². The van der Waals surface area contributed by atoms with Crippen LogP contribution in [-0.2, 0) is 4.74 Å². The van der Waals surface area contributed by atoms with Crippen LogP contribution in [0.1, 0.15) is 57.2 Å². The third kappa shape index (κ3) is 6.39. The van der Waals surface area contributed by atoms with E-state index in [-0.39, 0.29) is 29.8 Å². The van der Waals surface area contributed by atoms with Gasteiger partial charge in [-0.1, -0.05) is 54.6 Å². The molecule has 2 N–H and O–H groups in total. The van der Waals surface area contributed by atoms with Crippen LogP contribution >= 0.6 is 12.2 Å². The van der Waals surface area contributed by atoms with Crippen molar-refractivity contribution in [1.29, 1.82) is 0 Å². The van der Waals surface area contributed by atoms with Gasteiger partial charge in [0.2, 0.25) is 0 Å². The van der Waals surface area contributed by atoms with Crippen molar-refractivity contribution in [2.45, 2.75) is 51.7 Å². The van der Waals surface area contributed by atoms with Crippen LogP contribution in [0.15, 0.2) is 66.7 Å². The summed E-state index contributed by atoms with van der Waals surface area (Å²) >= 11 is 5.27. The molecule has 1 amide bonds. The van der Waals surface area contributed by atoms with Crippen LogP contribution in [0.3, 0.4) is 0 Å². The van der Waals surface area contributed by atoms with Crippen molar-refractivity contribution in [2.24, 2.45) is 11.7 Å². The Morgan fingerprint density at radius 3 is 2.57 bits per heavy atom. The summed E-state index contributed by atoms with van der Waals surface area (Å²) in [5.41, 5.74) is 7.29. The Bertz CT molecular complexity index is 1270. The van der Waals surface area contributed by atoms with E-state index in [1.807, 2.05) is 61.8 Å². The number of fused-ring (bicyclic) bond motifs is 1. The number of nitrogens with zero attached hydrogens (tertiary/aromatic N) is 2. The molecule has 0 aromatic heterocycles. The number of carbonyl (C=O) groups is 1. The molecule has 3 aromatic carbocycles. The van der Waals surface area contributed by atoms with Gasteiger partial charge in [-0.15, -0.1) is 0 Å². The molecule has 0 bridgehead atoms. The number of hydrogen-bond acceptors (Lipinski definition) is 3. The maximum atomic E-state index is 14.2. The first-order valence-electron chi connectivity index (χ1n) is 12.8. The highest BCUT2D eigenvalue weighted by Crippen LogP contribution is 2.37. The number of nitrogens with two attached hydrogens (primary N) is 1. The number of rotatable bonds is 5. The fourth-order valence-corrected chi connectivity index (χ4v) is 5.45. The summed E-state index contributed by atoms with van der Waals surface area (Å²) in [5.74, 6) is -0.259. The first-order chi connectivity index (χ1) is 17.5. The topological polar surface area (TPSA) is 58.8 Å². The summed E-state index contributed by atoms with van der Waals surface area (Å²) in [6, 6.07) is 20.8. The van der Waals surface area contributed by atoms with Gasteiger partial charge in [0, 0.05) is 25.6 Å². The summed E-state index contributed by atoms with van der Waals surface area (Å²) < 4.78 is 20.1. The van der Waals surface area contributed by atoms with Gasteiger partial charge in [-0.05, 0) is 86.3 Å². The van der Waals surface area contributed by atoms with Crippen LogP contribution in [0.5, 0.6) is 0 Å². The van der Waals surface area contributed by atoms with Gasteiger partial charge in [-0.2, -0.15) is 0 Å². The fourth-order valence-electron chi connectivity index (χ4n) is 5.28. The van der Waals surface area contributed by atoms with Crippen molar-refractivity contribution in [3.8, 4) is 0 Å². The Morgan fingerprint density at radius 2 is 1.86 bits per heavy atom. The van der Waals surface area contributed by atoms with E-state index in [0.717, 1.165) is 28.3 Å². The number of likely N-dealkylation sites (tertiary alicyclic amines) is 1. The van der Waals surface area contributed by atoms with Crippen LogP contribution in [0.2, 0.25) is 0 Å². The molecule has 2 unspecified atom stereocenters. The highest BCUT2D eigenvalue weighted by Gasteiger charge is 2.36. The van der Waals surface area contributed by atoms with Gasteiger partial charge < -0.3 is 20.3 Å². The van der Waals surface area contributed by atoms with E-state index in [1.54, 1.807) is 12.1 Å². The second-order valence-corrected chi connectivity index (χ2v) is 11.3. The smallest absolute Gasteiger partial charge is 0.410 e. The van der Waals surface area contributed by atoms with Crippen LogP contribution in [0.25, 0.3) is 10.8 Å². The number of halogens is 1. The van der Waals surface area contributed by atoms with Gasteiger partial charge >= 0.3 is 6.09 Å². The number of ether oxygens (including phenoxy) is 1. The van der Waals surface area contributed by atoms with Gasteiger partial charge in [0.25, 0.3) is 0 Å². The average molecular weight is 522 g/mol. The molecule has 196 valence electrons. The molecule has 1 saturated heterocycles. The molecule has 5 nitrogen and oxygen atoms in total. The van der Waals surface area contributed by atoms with Gasteiger partial charge in [-0.3, -0.25) is 0 Å². The van der Waals surface area contributed by atoms with E-state index in [0.29, 0.717) is 24.7 Å². The number of carbonyl (C=O) groups excluding carboxylic acids is 1. The van der Waals surface area contributed by atoms with E-state index >= 15 is 0 Å². The highest BCUT2D eigenvalue weighted by molar-refractivity contribution is 7.80. The molecule has 1 aliphatic heterocycles. The van der Waals surface area contributed by atoms with Gasteiger partial charge in [0.1, 0.15) is 11.4 Å². The molecule has 3 atom stereocenters. The average Bonchev–Trinajstić information content (AvgIpc) is 2.85. The summed E-state index contributed by atoms with van der Waals surface area (Å²) in [5, 5.41) is 2.57. The first kappa shape index (κ1) is 26.9. The van der Waals surface area contributed by atoms with Crippen molar-refractivity contribution in [2.75, 3.05) is 19.6 Å². The minimum atomic E-state index is -0.634. The predicted octanol–water partition coefficient (Wildman–Crippen LogP) is 6.63. The van der Waals surface area contributed by atoms with Crippen LogP contribution < -0.4 is 5.73 Å². The molecule has 0 saturated carbocycles. The minimum absolute atomic E-state index is 0.0457. The molecule has 1 fully saturated rings. The van der Waals surface area contributed by atoms with E-state index in [9.17, 15) is 9.18 Å². The van der Waals surface area contributed by atoms with Crippen LogP contribution in [-0.4, -0.2) is 46.2 Å². The van der Waals surface area contributed by atoms with Gasteiger partial charge in [-0.25, -0.2) is 9.18 Å². The standard InChI is InChI=1S/C30H36FN3O2S/c1-20(25-14-8-10-21-9-5-6-13-26(21)25)34(29(35)36-30(2,3)4)18-23-15-16-33(28(32)37)19-27(23)22-11-7-12-24(31)17-22/h5-14,17,20,23,27H,15-16,18-19H2,1-4H3,(H2,32,37)/t20-,23?,27?/m1/s1. The number of hydrogen-bond donors (Lipinski definition) is 1. The third-order valence-electron chi connectivity index (χ3n) is 7.14. The zero-order chi connectivity index (χ0) is 26.7. The van der Waals surface area contributed by atoms with E-state index in [2.05, 4.69) is 24.3 Å². The Hall–Kier alpha value is -3.19.